The maximum Gasteiger partial charge on any atom is 0.227 e. The third-order valence-corrected chi connectivity index (χ3v) is 5.54. The van der Waals surface area contributed by atoms with Crippen LogP contribution in [0.5, 0.6) is 0 Å². The molecule has 6 nitrogen and oxygen atoms in total. The standard InChI is InChI=1S/C16H21N3O3S/c1-12-6-3-4-8-14(12)16-17-15(22-18-16)10-13-7-5-9-19(11-13)23(2,20)21/h3-4,6,8,13H,5,7,9-11H2,1-2H3. The molecule has 0 radical (unpaired) electrons. The first-order valence-electron chi connectivity index (χ1n) is 7.77. The molecule has 1 unspecified atom stereocenters. The number of sulfonamides is 1. The molecule has 124 valence electrons. The van der Waals surface area contributed by atoms with E-state index in [0.717, 1.165) is 24.0 Å². The minimum Gasteiger partial charge on any atom is -0.339 e. The van der Waals surface area contributed by atoms with Crippen LogP contribution < -0.4 is 0 Å². The van der Waals surface area contributed by atoms with E-state index in [1.54, 1.807) is 4.31 Å². The first-order chi connectivity index (χ1) is 10.9. The van der Waals surface area contributed by atoms with Crippen LogP contribution in [0.3, 0.4) is 0 Å². The molecular weight excluding hydrogens is 314 g/mol. The number of aromatic nitrogens is 2. The van der Waals surface area contributed by atoms with E-state index in [1.807, 2.05) is 31.2 Å². The molecule has 0 aliphatic carbocycles. The van der Waals surface area contributed by atoms with Crippen LogP contribution in [-0.4, -0.2) is 42.2 Å². The number of hydrogen-bond donors (Lipinski definition) is 0. The Hall–Kier alpha value is -1.73. The predicted octanol–water partition coefficient (Wildman–Crippen LogP) is 2.26. The van der Waals surface area contributed by atoms with Gasteiger partial charge in [-0.3, -0.25) is 0 Å². The van der Waals surface area contributed by atoms with Gasteiger partial charge in [-0.05, 0) is 31.2 Å². The van der Waals surface area contributed by atoms with Crippen molar-refractivity contribution in [1.82, 2.24) is 14.4 Å². The fourth-order valence-electron chi connectivity index (χ4n) is 3.01. The molecule has 0 saturated carbocycles. The van der Waals surface area contributed by atoms with Gasteiger partial charge in [-0.25, -0.2) is 12.7 Å². The lowest BCUT2D eigenvalue weighted by atomic mass is 9.96. The molecule has 2 aromatic rings. The summed E-state index contributed by atoms with van der Waals surface area (Å²) in [4.78, 5) is 4.48. The Morgan fingerprint density at radius 3 is 2.87 bits per heavy atom. The van der Waals surface area contributed by atoms with E-state index in [2.05, 4.69) is 10.1 Å². The molecule has 1 atom stereocenters. The summed E-state index contributed by atoms with van der Waals surface area (Å²) in [7, 11) is -3.13. The highest BCUT2D eigenvalue weighted by Gasteiger charge is 2.27. The zero-order valence-electron chi connectivity index (χ0n) is 13.4. The molecule has 3 rings (SSSR count). The third kappa shape index (κ3) is 3.79. The van der Waals surface area contributed by atoms with E-state index in [1.165, 1.54) is 6.26 Å². The molecule has 23 heavy (non-hydrogen) atoms. The van der Waals surface area contributed by atoms with E-state index in [4.69, 9.17) is 4.52 Å². The summed E-state index contributed by atoms with van der Waals surface area (Å²) < 4.78 is 30.3. The van der Waals surface area contributed by atoms with Crippen LogP contribution in [0.1, 0.15) is 24.3 Å². The average molecular weight is 335 g/mol. The van der Waals surface area contributed by atoms with Gasteiger partial charge in [-0.2, -0.15) is 4.98 Å². The zero-order chi connectivity index (χ0) is 16.4. The Bertz CT molecular complexity index is 785. The molecule has 1 aromatic carbocycles. The fraction of sp³-hybridized carbons (Fsp3) is 0.500. The van der Waals surface area contributed by atoms with Crippen molar-refractivity contribution in [3.05, 3.63) is 35.7 Å². The number of aryl methyl sites for hydroxylation is 1. The number of nitrogens with zero attached hydrogens (tertiary/aromatic N) is 3. The Balaban J connectivity index is 1.71. The fourth-order valence-corrected chi connectivity index (χ4v) is 3.95. The van der Waals surface area contributed by atoms with E-state index in [-0.39, 0.29) is 5.92 Å². The van der Waals surface area contributed by atoms with Gasteiger partial charge >= 0.3 is 0 Å². The van der Waals surface area contributed by atoms with Crippen molar-refractivity contribution in [3.63, 3.8) is 0 Å². The van der Waals surface area contributed by atoms with Gasteiger partial charge in [-0.1, -0.05) is 29.4 Å². The zero-order valence-corrected chi connectivity index (χ0v) is 14.2. The van der Waals surface area contributed by atoms with E-state index in [0.29, 0.717) is 31.2 Å². The van der Waals surface area contributed by atoms with E-state index < -0.39 is 10.0 Å². The van der Waals surface area contributed by atoms with Crippen LogP contribution in [-0.2, 0) is 16.4 Å². The van der Waals surface area contributed by atoms with Crippen LogP contribution in [0.15, 0.2) is 28.8 Å². The van der Waals surface area contributed by atoms with Crippen molar-refractivity contribution in [2.45, 2.75) is 26.2 Å². The molecule has 1 aromatic heterocycles. The highest BCUT2D eigenvalue weighted by atomic mass is 32.2. The normalized spacial score (nSPS) is 19.8. The Labute approximate surface area is 136 Å². The first kappa shape index (κ1) is 16.1. The van der Waals surface area contributed by atoms with Gasteiger partial charge in [-0.15, -0.1) is 0 Å². The number of piperidine rings is 1. The molecule has 1 aliphatic rings. The smallest absolute Gasteiger partial charge is 0.227 e. The maximum absolute atomic E-state index is 11.7. The lowest BCUT2D eigenvalue weighted by Crippen LogP contribution is -2.39. The van der Waals surface area contributed by atoms with Crippen molar-refractivity contribution in [2.75, 3.05) is 19.3 Å². The molecular formula is C16H21N3O3S. The van der Waals surface area contributed by atoms with Crippen LogP contribution >= 0.6 is 0 Å². The minimum atomic E-state index is -3.13. The van der Waals surface area contributed by atoms with Crippen LogP contribution in [0.25, 0.3) is 11.4 Å². The van der Waals surface area contributed by atoms with Crippen molar-refractivity contribution in [3.8, 4) is 11.4 Å². The Morgan fingerprint density at radius 1 is 1.35 bits per heavy atom. The van der Waals surface area contributed by atoms with Gasteiger partial charge < -0.3 is 4.52 Å². The lowest BCUT2D eigenvalue weighted by Gasteiger charge is -2.30. The molecule has 7 heteroatoms. The van der Waals surface area contributed by atoms with E-state index in [9.17, 15) is 8.42 Å². The molecule has 2 heterocycles. The molecule has 1 aliphatic heterocycles. The first-order valence-corrected chi connectivity index (χ1v) is 9.62. The van der Waals surface area contributed by atoms with Gasteiger partial charge in [0.1, 0.15) is 0 Å². The van der Waals surface area contributed by atoms with E-state index >= 15 is 0 Å². The van der Waals surface area contributed by atoms with Gasteiger partial charge in [0, 0.05) is 25.1 Å². The number of hydrogen-bond acceptors (Lipinski definition) is 5. The molecule has 0 N–H and O–H groups in total. The number of rotatable bonds is 4. The summed E-state index contributed by atoms with van der Waals surface area (Å²) in [5.41, 5.74) is 2.06. The summed E-state index contributed by atoms with van der Waals surface area (Å²) in [5, 5.41) is 4.06. The summed E-state index contributed by atoms with van der Waals surface area (Å²) in [5.74, 6) is 1.39. The molecule has 1 fully saturated rings. The van der Waals surface area contributed by atoms with Crippen molar-refractivity contribution < 1.29 is 12.9 Å². The largest absolute Gasteiger partial charge is 0.339 e. The molecule has 0 amide bonds. The van der Waals surface area contributed by atoms with Gasteiger partial charge in [0.25, 0.3) is 0 Å². The monoisotopic (exact) mass is 335 g/mol. The quantitative estimate of drug-likeness (QED) is 0.856. The maximum atomic E-state index is 11.7. The second-order valence-corrected chi connectivity index (χ2v) is 8.14. The highest BCUT2D eigenvalue weighted by molar-refractivity contribution is 7.88. The lowest BCUT2D eigenvalue weighted by molar-refractivity contribution is 0.248. The van der Waals surface area contributed by atoms with Crippen LogP contribution in [0.2, 0.25) is 0 Å². The van der Waals surface area contributed by atoms with Crippen molar-refractivity contribution in [1.29, 1.82) is 0 Å². The minimum absolute atomic E-state index is 0.226. The Kier molecular flexibility index (Phi) is 4.50. The van der Waals surface area contributed by atoms with Crippen LogP contribution in [0.4, 0.5) is 0 Å². The van der Waals surface area contributed by atoms with Gasteiger partial charge in [0.15, 0.2) is 0 Å². The summed E-state index contributed by atoms with van der Waals surface area (Å²) >= 11 is 0. The summed E-state index contributed by atoms with van der Waals surface area (Å²) in [6, 6.07) is 7.90. The van der Waals surface area contributed by atoms with Gasteiger partial charge in [0.05, 0.1) is 6.26 Å². The highest BCUT2D eigenvalue weighted by Crippen LogP contribution is 2.24. The second-order valence-electron chi connectivity index (χ2n) is 6.16. The van der Waals surface area contributed by atoms with Crippen LogP contribution in [0, 0.1) is 12.8 Å². The second kappa shape index (κ2) is 6.41. The third-order valence-electron chi connectivity index (χ3n) is 4.27. The van der Waals surface area contributed by atoms with Crippen molar-refractivity contribution >= 4 is 10.0 Å². The summed E-state index contributed by atoms with van der Waals surface area (Å²) in [6.07, 6.45) is 3.73. The topological polar surface area (TPSA) is 76.3 Å². The average Bonchev–Trinajstić information content (AvgIpc) is 2.95. The molecule has 0 bridgehead atoms. The predicted molar refractivity (Wildman–Crippen MR) is 87.3 cm³/mol. The molecule has 0 spiro atoms. The van der Waals surface area contributed by atoms with Crippen molar-refractivity contribution in [2.24, 2.45) is 5.92 Å². The Morgan fingerprint density at radius 2 is 2.13 bits per heavy atom. The number of benzene rings is 1. The SMILES string of the molecule is Cc1ccccc1-c1noc(CC2CCCN(S(C)(=O)=O)C2)n1. The molecule has 1 saturated heterocycles. The summed E-state index contributed by atoms with van der Waals surface area (Å²) in [6.45, 7) is 3.14. The van der Waals surface area contributed by atoms with Gasteiger partial charge in [0.2, 0.25) is 21.7 Å².